The van der Waals surface area contributed by atoms with Crippen molar-refractivity contribution in [1.82, 2.24) is 5.32 Å². The molecular weight excluding hydrogens is 232 g/mol. The summed E-state index contributed by atoms with van der Waals surface area (Å²) in [4.78, 5) is 2.57. The standard InChI is InChI=1S/C17H28N2/c1-13(2)16-6-5-7-17(8-16)19-11-14(3)9-18-10-15(4)12-19/h5-8,13-15,18H,9-12H2,1-4H3. The number of benzene rings is 1. The number of nitrogens with zero attached hydrogens (tertiary/aromatic N) is 1. The van der Waals surface area contributed by atoms with E-state index in [1.54, 1.807) is 0 Å². The van der Waals surface area contributed by atoms with Gasteiger partial charge in [-0.2, -0.15) is 0 Å². The van der Waals surface area contributed by atoms with Crippen LogP contribution in [0.5, 0.6) is 0 Å². The summed E-state index contributed by atoms with van der Waals surface area (Å²) in [5.41, 5.74) is 2.84. The Kier molecular flexibility index (Phi) is 4.87. The molecular formula is C17H28N2. The molecule has 0 amide bonds. The van der Waals surface area contributed by atoms with Gasteiger partial charge in [0.2, 0.25) is 0 Å². The fraction of sp³-hybridized carbons (Fsp3) is 0.647. The Bertz CT molecular complexity index is 388. The molecule has 2 heteroatoms. The molecule has 0 bridgehead atoms. The lowest BCUT2D eigenvalue weighted by Gasteiger charge is -2.34. The summed E-state index contributed by atoms with van der Waals surface area (Å²) in [5, 5.41) is 3.56. The highest BCUT2D eigenvalue weighted by Gasteiger charge is 2.18. The fourth-order valence-corrected chi connectivity index (χ4v) is 2.82. The van der Waals surface area contributed by atoms with Gasteiger partial charge in [-0.1, -0.05) is 39.8 Å². The molecule has 1 heterocycles. The zero-order chi connectivity index (χ0) is 13.8. The van der Waals surface area contributed by atoms with Gasteiger partial charge in [-0.25, -0.2) is 0 Å². The van der Waals surface area contributed by atoms with Crippen LogP contribution in [0, 0.1) is 11.8 Å². The molecule has 1 fully saturated rings. The van der Waals surface area contributed by atoms with Crippen LogP contribution in [0.25, 0.3) is 0 Å². The lowest BCUT2D eigenvalue weighted by atomic mass is 10.0. The maximum atomic E-state index is 3.56. The van der Waals surface area contributed by atoms with Crippen LogP contribution in [-0.2, 0) is 0 Å². The second-order valence-corrected chi connectivity index (χ2v) is 6.52. The highest BCUT2D eigenvalue weighted by Crippen LogP contribution is 2.23. The molecule has 2 rings (SSSR count). The van der Waals surface area contributed by atoms with E-state index in [0.29, 0.717) is 17.8 Å². The largest absolute Gasteiger partial charge is 0.371 e. The van der Waals surface area contributed by atoms with Crippen LogP contribution < -0.4 is 10.2 Å². The van der Waals surface area contributed by atoms with E-state index in [1.165, 1.54) is 11.3 Å². The normalized spacial score (nSPS) is 25.2. The molecule has 0 spiro atoms. The maximum absolute atomic E-state index is 3.56. The minimum Gasteiger partial charge on any atom is -0.371 e. The Hall–Kier alpha value is -1.02. The van der Waals surface area contributed by atoms with Gasteiger partial charge in [0.1, 0.15) is 0 Å². The first-order chi connectivity index (χ1) is 9.06. The van der Waals surface area contributed by atoms with E-state index >= 15 is 0 Å². The van der Waals surface area contributed by atoms with Crippen molar-refractivity contribution in [1.29, 1.82) is 0 Å². The number of hydrogen-bond acceptors (Lipinski definition) is 2. The SMILES string of the molecule is CC1CNCC(C)CN(c2cccc(C(C)C)c2)C1. The first kappa shape index (κ1) is 14.4. The Morgan fingerprint density at radius 3 is 2.32 bits per heavy atom. The van der Waals surface area contributed by atoms with Crippen LogP contribution in [0.4, 0.5) is 5.69 Å². The van der Waals surface area contributed by atoms with Crippen LogP contribution in [0.1, 0.15) is 39.2 Å². The predicted molar refractivity (Wildman–Crippen MR) is 83.9 cm³/mol. The van der Waals surface area contributed by atoms with Crippen LogP contribution in [0.15, 0.2) is 24.3 Å². The highest BCUT2D eigenvalue weighted by molar-refractivity contribution is 5.49. The van der Waals surface area contributed by atoms with Gasteiger partial charge in [0.05, 0.1) is 0 Å². The van der Waals surface area contributed by atoms with Gasteiger partial charge in [0, 0.05) is 18.8 Å². The van der Waals surface area contributed by atoms with E-state index in [0.717, 1.165) is 26.2 Å². The predicted octanol–water partition coefficient (Wildman–Crippen LogP) is 3.49. The van der Waals surface area contributed by atoms with Crippen molar-refractivity contribution in [3.8, 4) is 0 Å². The molecule has 0 radical (unpaired) electrons. The van der Waals surface area contributed by atoms with Gasteiger partial charge >= 0.3 is 0 Å². The maximum Gasteiger partial charge on any atom is 0.0369 e. The van der Waals surface area contributed by atoms with E-state index in [4.69, 9.17) is 0 Å². The van der Waals surface area contributed by atoms with Gasteiger partial charge in [-0.3, -0.25) is 0 Å². The molecule has 1 aromatic carbocycles. The minimum atomic E-state index is 0.603. The summed E-state index contributed by atoms with van der Waals surface area (Å²) in [6.45, 7) is 13.8. The van der Waals surface area contributed by atoms with Crippen molar-refractivity contribution in [3.05, 3.63) is 29.8 Å². The zero-order valence-corrected chi connectivity index (χ0v) is 12.8. The number of hydrogen-bond donors (Lipinski definition) is 1. The monoisotopic (exact) mass is 260 g/mol. The van der Waals surface area contributed by atoms with E-state index in [1.807, 2.05) is 0 Å². The van der Waals surface area contributed by atoms with Gasteiger partial charge in [-0.15, -0.1) is 0 Å². The summed E-state index contributed by atoms with van der Waals surface area (Å²) in [6.07, 6.45) is 0. The van der Waals surface area contributed by atoms with E-state index in [-0.39, 0.29) is 0 Å². The van der Waals surface area contributed by atoms with Crippen molar-refractivity contribution in [2.24, 2.45) is 11.8 Å². The zero-order valence-electron chi connectivity index (χ0n) is 12.8. The third-order valence-electron chi connectivity index (χ3n) is 3.95. The molecule has 1 saturated heterocycles. The van der Waals surface area contributed by atoms with Crippen molar-refractivity contribution in [3.63, 3.8) is 0 Å². The second kappa shape index (κ2) is 6.42. The van der Waals surface area contributed by atoms with Crippen molar-refractivity contribution in [2.45, 2.75) is 33.6 Å². The van der Waals surface area contributed by atoms with E-state index in [9.17, 15) is 0 Å². The summed E-state index contributed by atoms with van der Waals surface area (Å²) in [6, 6.07) is 9.09. The molecule has 2 atom stereocenters. The second-order valence-electron chi connectivity index (χ2n) is 6.52. The Balaban J connectivity index is 2.19. The van der Waals surface area contributed by atoms with Gasteiger partial charge in [0.15, 0.2) is 0 Å². The fourth-order valence-electron chi connectivity index (χ4n) is 2.82. The van der Waals surface area contributed by atoms with Crippen molar-refractivity contribution in [2.75, 3.05) is 31.1 Å². The third kappa shape index (κ3) is 3.97. The Morgan fingerprint density at radius 1 is 1.11 bits per heavy atom. The number of nitrogens with one attached hydrogen (secondary N) is 1. The van der Waals surface area contributed by atoms with Gasteiger partial charge in [-0.05, 0) is 48.5 Å². The Morgan fingerprint density at radius 2 is 1.74 bits per heavy atom. The molecule has 19 heavy (non-hydrogen) atoms. The molecule has 1 aromatic rings. The first-order valence-electron chi connectivity index (χ1n) is 7.62. The molecule has 0 aliphatic carbocycles. The summed E-state index contributed by atoms with van der Waals surface area (Å²) in [7, 11) is 0. The lowest BCUT2D eigenvalue weighted by molar-refractivity contribution is 0.410. The molecule has 106 valence electrons. The summed E-state index contributed by atoms with van der Waals surface area (Å²) in [5.74, 6) is 2.01. The Labute approximate surface area is 118 Å². The average molecular weight is 260 g/mol. The third-order valence-corrected chi connectivity index (χ3v) is 3.95. The molecule has 2 nitrogen and oxygen atoms in total. The van der Waals surface area contributed by atoms with E-state index in [2.05, 4.69) is 62.2 Å². The van der Waals surface area contributed by atoms with Crippen LogP contribution in [0.2, 0.25) is 0 Å². The van der Waals surface area contributed by atoms with E-state index < -0.39 is 0 Å². The molecule has 1 N–H and O–H groups in total. The average Bonchev–Trinajstić information content (AvgIpc) is 2.36. The summed E-state index contributed by atoms with van der Waals surface area (Å²) < 4.78 is 0. The quantitative estimate of drug-likeness (QED) is 0.875. The molecule has 0 aromatic heterocycles. The summed E-state index contributed by atoms with van der Waals surface area (Å²) >= 11 is 0. The minimum absolute atomic E-state index is 0.603. The van der Waals surface area contributed by atoms with Gasteiger partial charge < -0.3 is 10.2 Å². The molecule has 1 aliphatic rings. The number of anilines is 1. The van der Waals surface area contributed by atoms with Crippen molar-refractivity contribution < 1.29 is 0 Å². The lowest BCUT2D eigenvalue weighted by Crippen LogP contribution is -2.42. The smallest absolute Gasteiger partial charge is 0.0369 e. The van der Waals surface area contributed by atoms with Crippen molar-refractivity contribution >= 4 is 5.69 Å². The van der Waals surface area contributed by atoms with Crippen LogP contribution in [0.3, 0.4) is 0 Å². The highest BCUT2D eigenvalue weighted by atomic mass is 15.1. The molecule has 1 aliphatic heterocycles. The topological polar surface area (TPSA) is 15.3 Å². The number of rotatable bonds is 2. The molecule has 2 unspecified atom stereocenters. The first-order valence-corrected chi connectivity index (χ1v) is 7.62. The van der Waals surface area contributed by atoms with Crippen LogP contribution >= 0.6 is 0 Å². The van der Waals surface area contributed by atoms with Gasteiger partial charge in [0.25, 0.3) is 0 Å². The molecule has 0 saturated carbocycles. The van der Waals surface area contributed by atoms with Crippen LogP contribution in [-0.4, -0.2) is 26.2 Å².